The zero-order valence-electron chi connectivity index (χ0n) is 15.5. The number of azo groups is 1. The summed E-state index contributed by atoms with van der Waals surface area (Å²) in [6, 6.07) is 7.82. The van der Waals surface area contributed by atoms with Crippen molar-refractivity contribution in [3.63, 3.8) is 0 Å². The van der Waals surface area contributed by atoms with Crippen molar-refractivity contribution in [2.75, 3.05) is 24.7 Å². The van der Waals surface area contributed by atoms with Crippen LogP contribution in [-0.2, 0) is 16.7 Å². The highest BCUT2D eigenvalue weighted by Gasteiger charge is 2.19. The molecule has 0 unspecified atom stereocenters. The lowest BCUT2D eigenvalue weighted by Gasteiger charge is -2.11. The molecule has 0 spiro atoms. The highest BCUT2D eigenvalue weighted by atomic mass is 32.2. The van der Waals surface area contributed by atoms with Gasteiger partial charge >= 0.3 is 5.13 Å². The van der Waals surface area contributed by atoms with Gasteiger partial charge in [0.2, 0.25) is 0 Å². The second kappa shape index (κ2) is 8.70. The maximum atomic E-state index is 10.8. The monoisotopic (exact) mass is 397 g/mol. The van der Waals surface area contributed by atoms with Gasteiger partial charge < -0.3 is 4.90 Å². The molecule has 0 bridgehead atoms. The number of rotatable bonds is 8. The van der Waals surface area contributed by atoms with Crippen molar-refractivity contribution in [2.45, 2.75) is 33.2 Å². The first-order chi connectivity index (χ1) is 12.2. The van der Waals surface area contributed by atoms with Gasteiger partial charge in [0.25, 0.3) is 10.1 Å². The molecule has 0 radical (unpaired) electrons. The van der Waals surface area contributed by atoms with Gasteiger partial charge in [-0.1, -0.05) is 0 Å². The summed E-state index contributed by atoms with van der Waals surface area (Å²) >= 11 is 1.56. The van der Waals surface area contributed by atoms with E-state index >= 15 is 0 Å². The Bertz CT molecular complexity index is 872. The Morgan fingerprint density at radius 3 is 2.35 bits per heavy atom. The lowest BCUT2D eigenvalue weighted by Crippen LogP contribution is -2.35. The van der Waals surface area contributed by atoms with Gasteiger partial charge in [-0.05, 0) is 67.4 Å². The number of hydrogen-bond acceptors (Lipinski definition) is 6. The molecule has 9 heteroatoms. The normalized spacial score (nSPS) is 12.0. The molecular formula is C17H25N4O3S2+. The van der Waals surface area contributed by atoms with E-state index in [4.69, 9.17) is 4.55 Å². The molecule has 26 heavy (non-hydrogen) atoms. The molecule has 0 amide bonds. The molecular weight excluding hydrogens is 372 g/mol. The van der Waals surface area contributed by atoms with Crippen molar-refractivity contribution >= 4 is 38.0 Å². The van der Waals surface area contributed by atoms with Crippen LogP contribution in [0, 0.1) is 13.8 Å². The zero-order chi connectivity index (χ0) is 19.3. The minimum absolute atomic E-state index is 0.217. The van der Waals surface area contributed by atoms with Gasteiger partial charge in [-0.2, -0.15) is 8.42 Å². The molecule has 2 rings (SSSR count). The Labute approximate surface area is 158 Å². The molecule has 1 heterocycles. The average Bonchev–Trinajstić information content (AvgIpc) is 2.83. The van der Waals surface area contributed by atoms with Crippen molar-refractivity contribution in [2.24, 2.45) is 10.2 Å². The molecule has 7 nitrogen and oxygen atoms in total. The molecule has 0 atom stereocenters. The predicted molar refractivity (Wildman–Crippen MR) is 105 cm³/mol. The summed E-state index contributed by atoms with van der Waals surface area (Å²) in [5, 5.41) is 9.49. The third kappa shape index (κ3) is 5.86. The van der Waals surface area contributed by atoms with Crippen LogP contribution in [0.4, 0.5) is 16.5 Å². The number of nitrogens with zero attached hydrogens (tertiary/aromatic N) is 4. The highest BCUT2D eigenvalue weighted by Crippen LogP contribution is 2.25. The molecule has 1 N–H and O–H groups in total. The van der Waals surface area contributed by atoms with Crippen LogP contribution < -0.4 is 9.47 Å². The van der Waals surface area contributed by atoms with Crippen LogP contribution in [0.25, 0.3) is 0 Å². The van der Waals surface area contributed by atoms with E-state index in [1.54, 1.807) is 11.3 Å². The number of anilines is 1. The first-order valence-electron chi connectivity index (χ1n) is 8.31. The maximum absolute atomic E-state index is 10.8. The third-order valence-corrected chi connectivity index (χ3v) is 5.93. The van der Waals surface area contributed by atoms with Crippen LogP contribution in [0.2, 0.25) is 0 Å². The van der Waals surface area contributed by atoms with Gasteiger partial charge in [-0.25, -0.2) is 4.57 Å². The van der Waals surface area contributed by atoms with Crippen LogP contribution in [0.1, 0.15) is 23.4 Å². The predicted octanol–water partition coefficient (Wildman–Crippen LogP) is 3.80. The summed E-state index contributed by atoms with van der Waals surface area (Å²) in [6.45, 7) is 4.68. The Morgan fingerprint density at radius 1 is 1.12 bits per heavy atom. The number of hydrogen-bond donors (Lipinski definition) is 1. The van der Waals surface area contributed by atoms with E-state index in [1.165, 1.54) is 0 Å². The fraction of sp³-hybridized carbons (Fsp3) is 0.471. The quantitative estimate of drug-likeness (QED) is 0.318. The van der Waals surface area contributed by atoms with Gasteiger partial charge in [0.05, 0.1) is 22.3 Å². The number of aryl methyl sites for hydroxylation is 1. The maximum Gasteiger partial charge on any atom is 0.408 e. The van der Waals surface area contributed by atoms with Crippen LogP contribution in [-0.4, -0.2) is 32.8 Å². The first kappa shape index (κ1) is 20.5. The Balaban J connectivity index is 2.10. The van der Waals surface area contributed by atoms with E-state index in [-0.39, 0.29) is 5.75 Å². The smallest absolute Gasteiger partial charge is 0.378 e. The molecule has 0 aliphatic carbocycles. The fourth-order valence-electron chi connectivity index (χ4n) is 2.41. The second-order valence-corrected chi connectivity index (χ2v) is 9.04. The SMILES string of the molecule is Cc1sc(N=Nc2ccc(N(C)C)cc2)[n+](CCCCS(=O)(=O)O)c1C. The van der Waals surface area contributed by atoms with Crippen LogP contribution in [0.15, 0.2) is 34.5 Å². The zero-order valence-corrected chi connectivity index (χ0v) is 17.1. The van der Waals surface area contributed by atoms with E-state index in [2.05, 4.69) is 10.2 Å². The first-order valence-corrected chi connectivity index (χ1v) is 10.7. The summed E-state index contributed by atoms with van der Waals surface area (Å²) in [6.07, 6.45) is 1.05. The molecule has 0 saturated carbocycles. The minimum Gasteiger partial charge on any atom is -0.378 e. The molecule has 0 aliphatic rings. The third-order valence-electron chi connectivity index (χ3n) is 4.04. The van der Waals surface area contributed by atoms with Gasteiger partial charge in [0.1, 0.15) is 11.4 Å². The van der Waals surface area contributed by atoms with E-state index in [0.717, 1.165) is 27.1 Å². The van der Waals surface area contributed by atoms with Crippen LogP contribution >= 0.6 is 11.3 Å². The average molecular weight is 398 g/mol. The Hall–Kier alpha value is -1.84. The summed E-state index contributed by atoms with van der Waals surface area (Å²) in [5.41, 5.74) is 2.97. The van der Waals surface area contributed by atoms with Crippen molar-refractivity contribution in [3.8, 4) is 0 Å². The molecule has 0 saturated heterocycles. The van der Waals surface area contributed by atoms with Crippen molar-refractivity contribution in [1.29, 1.82) is 0 Å². The lowest BCUT2D eigenvalue weighted by molar-refractivity contribution is -0.686. The van der Waals surface area contributed by atoms with Crippen molar-refractivity contribution < 1.29 is 17.5 Å². The topological polar surface area (TPSA) is 86.2 Å². The highest BCUT2D eigenvalue weighted by molar-refractivity contribution is 7.85. The lowest BCUT2D eigenvalue weighted by atomic mass is 10.3. The van der Waals surface area contributed by atoms with Gasteiger partial charge in [0.15, 0.2) is 0 Å². The number of thiazole rings is 1. The fourth-order valence-corrected chi connectivity index (χ4v) is 3.93. The van der Waals surface area contributed by atoms with E-state index in [9.17, 15) is 8.42 Å². The molecule has 142 valence electrons. The summed E-state index contributed by atoms with van der Waals surface area (Å²) in [5.74, 6) is -0.217. The van der Waals surface area contributed by atoms with E-state index in [1.807, 2.05) is 61.7 Å². The van der Waals surface area contributed by atoms with Crippen molar-refractivity contribution in [1.82, 2.24) is 0 Å². The molecule has 0 fully saturated rings. The molecule has 1 aromatic carbocycles. The number of benzene rings is 1. The Morgan fingerprint density at radius 2 is 1.77 bits per heavy atom. The number of unbranched alkanes of at least 4 members (excludes halogenated alkanes) is 1. The standard InChI is InChI=1S/C17H24N4O3S2/c1-13-14(2)25-17(21(13)11-5-6-12-26(22,23)24)19-18-15-7-9-16(10-8-15)20(3)4/h7-10H,5-6,11-12H2,1-4H3/p+1. The van der Waals surface area contributed by atoms with E-state index < -0.39 is 10.1 Å². The summed E-state index contributed by atoms with van der Waals surface area (Å²) in [7, 11) is 0.0680. The van der Waals surface area contributed by atoms with Gasteiger partial charge in [-0.3, -0.25) is 4.55 Å². The van der Waals surface area contributed by atoms with Gasteiger partial charge in [-0.15, -0.1) is 0 Å². The second-order valence-electron chi connectivity index (χ2n) is 6.28. The summed E-state index contributed by atoms with van der Waals surface area (Å²) < 4.78 is 32.5. The van der Waals surface area contributed by atoms with Crippen LogP contribution in [0.3, 0.4) is 0 Å². The largest absolute Gasteiger partial charge is 0.408 e. The van der Waals surface area contributed by atoms with Crippen molar-refractivity contribution in [3.05, 3.63) is 34.8 Å². The summed E-state index contributed by atoms with van der Waals surface area (Å²) in [4.78, 5) is 3.17. The van der Waals surface area contributed by atoms with Gasteiger partial charge in [0, 0.05) is 19.8 Å². The number of aromatic nitrogens is 1. The Kier molecular flexibility index (Phi) is 6.85. The molecule has 1 aromatic heterocycles. The minimum atomic E-state index is -3.90. The molecule has 2 aromatic rings. The van der Waals surface area contributed by atoms with E-state index in [0.29, 0.717) is 19.4 Å². The van der Waals surface area contributed by atoms with Crippen LogP contribution in [0.5, 0.6) is 0 Å². The molecule has 0 aliphatic heterocycles.